The smallest absolute Gasteiger partial charge is 0.251 e. The summed E-state index contributed by atoms with van der Waals surface area (Å²) in [6, 6.07) is 22.5. The number of rotatable bonds is 6. The van der Waals surface area contributed by atoms with Gasteiger partial charge in [0.25, 0.3) is 5.91 Å². The van der Waals surface area contributed by atoms with Gasteiger partial charge in [-0.05, 0) is 47.9 Å². The van der Waals surface area contributed by atoms with Crippen LogP contribution in [-0.4, -0.2) is 22.5 Å². The number of carbonyl (C=O) groups excluding carboxylic acids is 1. The molecule has 4 rings (SSSR count). The Bertz CT molecular complexity index is 1120. The van der Waals surface area contributed by atoms with E-state index in [4.69, 9.17) is 4.42 Å². The van der Waals surface area contributed by atoms with Gasteiger partial charge in [-0.3, -0.25) is 4.79 Å². The minimum atomic E-state index is -0.761. The summed E-state index contributed by atoms with van der Waals surface area (Å²) in [6.45, 7) is 2.22. The molecule has 5 heteroatoms. The van der Waals surface area contributed by atoms with Crippen molar-refractivity contribution in [3.05, 3.63) is 89.5 Å². The molecule has 0 saturated heterocycles. The van der Waals surface area contributed by atoms with Crippen molar-refractivity contribution in [1.29, 1.82) is 0 Å². The van der Waals surface area contributed by atoms with E-state index in [1.165, 1.54) is 5.56 Å². The fourth-order valence-electron chi connectivity index (χ4n) is 3.15. The molecule has 0 spiro atoms. The molecule has 1 unspecified atom stereocenters. The SMILES string of the molecule is CCc1ccc(C(O)CNC(=O)c2ccc3nc(-c4ccccc4)oc3c2)cc1. The number of hydrogen-bond acceptors (Lipinski definition) is 4. The van der Waals surface area contributed by atoms with Crippen molar-refractivity contribution < 1.29 is 14.3 Å². The highest BCUT2D eigenvalue weighted by atomic mass is 16.3. The van der Waals surface area contributed by atoms with Gasteiger partial charge in [-0.25, -0.2) is 4.98 Å². The van der Waals surface area contributed by atoms with Crippen molar-refractivity contribution in [2.24, 2.45) is 0 Å². The van der Waals surface area contributed by atoms with Crippen molar-refractivity contribution >= 4 is 17.0 Å². The summed E-state index contributed by atoms with van der Waals surface area (Å²) in [6.07, 6.45) is 0.187. The Morgan fingerprint density at radius 1 is 1.07 bits per heavy atom. The maximum Gasteiger partial charge on any atom is 0.251 e. The van der Waals surface area contributed by atoms with E-state index in [2.05, 4.69) is 17.2 Å². The number of aromatic nitrogens is 1. The third-order valence-corrected chi connectivity index (χ3v) is 4.90. The van der Waals surface area contributed by atoms with Crippen molar-refractivity contribution in [3.63, 3.8) is 0 Å². The molecule has 146 valence electrons. The first kappa shape index (κ1) is 18.9. The minimum absolute atomic E-state index is 0.133. The molecule has 29 heavy (non-hydrogen) atoms. The van der Waals surface area contributed by atoms with Crippen LogP contribution in [0.5, 0.6) is 0 Å². The molecule has 5 nitrogen and oxygen atoms in total. The molecule has 0 aliphatic carbocycles. The van der Waals surface area contributed by atoms with Gasteiger partial charge in [0.1, 0.15) is 5.52 Å². The first-order chi connectivity index (χ1) is 14.1. The van der Waals surface area contributed by atoms with Crippen LogP contribution < -0.4 is 5.32 Å². The second-order valence-electron chi connectivity index (χ2n) is 6.89. The van der Waals surface area contributed by atoms with Crippen LogP contribution in [0.2, 0.25) is 0 Å². The first-order valence-electron chi connectivity index (χ1n) is 9.65. The third kappa shape index (κ3) is 4.20. The van der Waals surface area contributed by atoms with Crippen LogP contribution in [0, 0.1) is 0 Å². The van der Waals surface area contributed by atoms with Gasteiger partial charge in [-0.2, -0.15) is 0 Å². The van der Waals surface area contributed by atoms with E-state index in [9.17, 15) is 9.90 Å². The van der Waals surface area contributed by atoms with E-state index >= 15 is 0 Å². The number of carbonyl (C=O) groups is 1. The van der Waals surface area contributed by atoms with Crippen LogP contribution in [0.15, 0.2) is 77.2 Å². The number of benzene rings is 3. The summed E-state index contributed by atoms with van der Waals surface area (Å²) >= 11 is 0. The molecule has 0 aliphatic rings. The molecule has 0 bridgehead atoms. The Morgan fingerprint density at radius 2 is 1.83 bits per heavy atom. The van der Waals surface area contributed by atoms with Gasteiger partial charge in [0.15, 0.2) is 5.58 Å². The number of nitrogens with one attached hydrogen (secondary N) is 1. The number of nitrogens with zero attached hydrogens (tertiary/aromatic N) is 1. The molecule has 4 aromatic rings. The average molecular weight is 386 g/mol. The topological polar surface area (TPSA) is 75.4 Å². The molecule has 3 aromatic carbocycles. The van der Waals surface area contributed by atoms with Crippen LogP contribution in [0.4, 0.5) is 0 Å². The largest absolute Gasteiger partial charge is 0.436 e. The van der Waals surface area contributed by atoms with Gasteiger partial charge >= 0.3 is 0 Å². The fraction of sp³-hybridized carbons (Fsp3) is 0.167. The highest BCUT2D eigenvalue weighted by Crippen LogP contribution is 2.24. The quantitative estimate of drug-likeness (QED) is 0.511. The van der Waals surface area contributed by atoms with Gasteiger partial charge in [0.2, 0.25) is 5.89 Å². The van der Waals surface area contributed by atoms with E-state index in [1.54, 1.807) is 18.2 Å². The highest BCUT2D eigenvalue weighted by molar-refractivity contribution is 5.97. The number of hydrogen-bond donors (Lipinski definition) is 2. The van der Waals surface area contributed by atoms with Crippen molar-refractivity contribution in [2.45, 2.75) is 19.4 Å². The van der Waals surface area contributed by atoms with E-state index in [0.29, 0.717) is 22.6 Å². The molecule has 1 atom stereocenters. The standard InChI is InChI=1S/C24H22N2O3/c1-2-16-8-10-17(11-9-16)21(27)15-25-23(28)19-12-13-20-22(14-19)29-24(26-20)18-6-4-3-5-7-18/h3-14,21,27H,2,15H2,1H3,(H,25,28). The molecule has 2 N–H and O–H groups in total. The van der Waals surface area contributed by atoms with Crippen molar-refractivity contribution in [1.82, 2.24) is 10.3 Å². The van der Waals surface area contributed by atoms with Crippen LogP contribution >= 0.6 is 0 Å². The summed E-state index contributed by atoms with van der Waals surface area (Å²) in [7, 11) is 0. The summed E-state index contributed by atoms with van der Waals surface area (Å²) in [5.41, 5.74) is 4.57. The number of aryl methyl sites for hydroxylation is 1. The molecule has 1 heterocycles. The van der Waals surface area contributed by atoms with Crippen molar-refractivity contribution in [3.8, 4) is 11.5 Å². The Labute approximate surface area is 169 Å². The maximum atomic E-state index is 12.5. The van der Waals surface area contributed by atoms with E-state index in [-0.39, 0.29) is 12.5 Å². The Morgan fingerprint density at radius 3 is 2.55 bits per heavy atom. The predicted molar refractivity (Wildman–Crippen MR) is 113 cm³/mol. The van der Waals surface area contributed by atoms with E-state index in [1.807, 2.05) is 54.6 Å². The summed E-state index contributed by atoms with van der Waals surface area (Å²) in [5, 5.41) is 13.1. The van der Waals surface area contributed by atoms with E-state index < -0.39 is 6.10 Å². The number of amides is 1. The molecule has 1 aromatic heterocycles. The zero-order valence-electron chi connectivity index (χ0n) is 16.1. The average Bonchev–Trinajstić information content (AvgIpc) is 3.21. The van der Waals surface area contributed by atoms with Gasteiger partial charge in [-0.15, -0.1) is 0 Å². The lowest BCUT2D eigenvalue weighted by atomic mass is 10.1. The lowest BCUT2D eigenvalue weighted by Crippen LogP contribution is -2.28. The molecule has 1 amide bonds. The number of fused-ring (bicyclic) bond motifs is 1. The molecule has 0 saturated carbocycles. The Balaban J connectivity index is 1.45. The second kappa shape index (κ2) is 8.29. The van der Waals surface area contributed by atoms with Crippen LogP contribution in [-0.2, 0) is 6.42 Å². The fourth-order valence-corrected chi connectivity index (χ4v) is 3.15. The monoisotopic (exact) mass is 386 g/mol. The summed E-state index contributed by atoms with van der Waals surface area (Å²) in [4.78, 5) is 17.0. The normalized spacial score (nSPS) is 12.1. The molecule has 0 aliphatic heterocycles. The van der Waals surface area contributed by atoms with Crippen LogP contribution in [0.3, 0.4) is 0 Å². The Hall–Kier alpha value is -3.44. The van der Waals surface area contributed by atoms with E-state index in [0.717, 1.165) is 17.5 Å². The molecule has 0 fully saturated rings. The number of aliphatic hydroxyl groups is 1. The maximum absolute atomic E-state index is 12.5. The first-order valence-corrected chi connectivity index (χ1v) is 9.65. The van der Waals surface area contributed by atoms with Gasteiger partial charge in [-0.1, -0.05) is 49.4 Å². The summed E-state index contributed by atoms with van der Waals surface area (Å²) < 4.78 is 5.82. The van der Waals surface area contributed by atoms with Crippen LogP contribution in [0.25, 0.3) is 22.6 Å². The highest BCUT2D eigenvalue weighted by Gasteiger charge is 2.14. The van der Waals surface area contributed by atoms with Gasteiger partial charge in [0, 0.05) is 17.7 Å². The Kier molecular flexibility index (Phi) is 5.40. The number of aliphatic hydroxyl groups excluding tert-OH is 1. The molecular formula is C24H22N2O3. The molecule has 0 radical (unpaired) electrons. The second-order valence-corrected chi connectivity index (χ2v) is 6.89. The zero-order chi connectivity index (χ0) is 20.2. The van der Waals surface area contributed by atoms with Crippen molar-refractivity contribution in [2.75, 3.05) is 6.54 Å². The van der Waals surface area contributed by atoms with Crippen LogP contribution in [0.1, 0.15) is 34.5 Å². The predicted octanol–water partition coefficient (Wildman–Crippen LogP) is 4.52. The minimum Gasteiger partial charge on any atom is -0.436 e. The van der Waals surface area contributed by atoms with Gasteiger partial charge in [0.05, 0.1) is 6.10 Å². The van der Waals surface area contributed by atoms with Gasteiger partial charge < -0.3 is 14.8 Å². The lowest BCUT2D eigenvalue weighted by Gasteiger charge is -2.13. The lowest BCUT2D eigenvalue weighted by molar-refractivity contribution is 0.0916. The number of oxazole rings is 1. The summed E-state index contributed by atoms with van der Waals surface area (Å²) in [5.74, 6) is 0.248. The molecular weight excluding hydrogens is 364 g/mol. The third-order valence-electron chi connectivity index (χ3n) is 4.90. The zero-order valence-corrected chi connectivity index (χ0v) is 16.1.